The predicted molar refractivity (Wildman–Crippen MR) is 144 cm³/mol. The third kappa shape index (κ3) is 13.0. The molecule has 5 nitrogen and oxygen atoms in total. The molecule has 33 heavy (non-hydrogen) atoms. The molecule has 0 aliphatic rings. The average Bonchev–Trinajstić information content (AvgIpc) is 2.74. The van der Waals surface area contributed by atoms with E-state index in [2.05, 4.69) is 0 Å². The second-order valence-electron chi connectivity index (χ2n) is 9.37. The number of aryl methyl sites for hydroxylation is 2. The van der Waals surface area contributed by atoms with E-state index in [0.717, 1.165) is 48.8 Å². The molecule has 0 heterocycles. The highest BCUT2D eigenvalue weighted by molar-refractivity contribution is 5.55. The summed E-state index contributed by atoms with van der Waals surface area (Å²) >= 11 is 0. The van der Waals surface area contributed by atoms with E-state index in [9.17, 15) is 0 Å². The summed E-state index contributed by atoms with van der Waals surface area (Å²) in [6, 6.07) is 11.8. The van der Waals surface area contributed by atoms with Crippen molar-refractivity contribution in [1.29, 1.82) is 0 Å². The van der Waals surface area contributed by atoms with E-state index < -0.39 is 0 Å². The van der Waals surface area contributed by atoms with Gasteiger partial charge in [0.2, 0.25) is 0 Å². The minimum Gasteiger partial charge on any atom is -0.399 e. The van der Waals surface area contributed by atoms with Crippen LogP contribution in [0.2, 0.25) is 0 Å². The zero-order valence-corrected chi connectivity index (χ0v) is 20.5. The molecule has 0 bridgehead atoms. The third-order valence-corrected chi connectivity index (χ3v) is 6.08. The molecule has 0 spiro atoms. The quantitative estimate of drug-likeness (QED) is 0.152. The summed E-state index contributed by atoms with van der Waals surface area (Å²) in [6.07, 6.45) is 17.1. The van der Waals surface area contributed by atoms with E-state index in [-0.39, 0.29) is 0 Å². The van der Waals surface area contributed by atoms with E-state index in [1.54, 1.807) is 0 Å². The average molecular weight is 455 g/mol. The second kappa shape index (κ2) is 16.2. The standard InChI is InChI=1S/C28H46N4O/c29-25-17-23(18-26(30)21-25)13-9-5-1-3-7-11-15-33-16-12-8-4-2-6-10-14-24-19-27(31)22-28(32)20-24/h17-22H,1-16,29-32H2. The smallest absolute Gasteiger partial charge is 0.0466 e. The Morgan fingerprint density at radius 2 is 0.697 bits per heavy atom. The summed E-state index contributed by atoms with van der Waals surface area (Å²) in [4.78, 5) is 0. The number of benzene rings is 2. The zero-order valence-electron chi connectivity index (χ0n) is 20.5. The van der Waals surface area contributed by atoms with Gasteiger partial charge in [0.05, 0.1) is 0 Å². The normalized spacial score (nSPS) is 11.2. The van der Waals surface area contributed by atoms with Crippen molar-refractivity contribution in [2.45, 2.75) is 89.9 Å². The number of nitrogens with two attached hydrogens (primary N) is 4. The van der Waals surface area contributed by atoms with E-state index in [4.69, 9.17) is 27.7 Å². The summed E-state index contributed by atoms with van der Waals surface area (Å²) in [6.45, 7) is 1.82. The van der Waals surface area contributed by atoms with Crippen molar-refractivity contribution >= 4 is 22.7 Å². The Bertz CT molecular complexity index is 687. The van der Waals surface area contributed by atoms with Gasteiger partial charge < -0.3 is 27.7 Å². The first-order valence-corrected chi connectivity index (χ1v) is 12.9. The Morgan fingerprint density at radius 3 is 1.06 bits per heavy atom. The molecule has 0 saturated heterocycles. The molecule has 8 N–H and O–H groups in total. The number of rotatable bonds is 18. The summed E-state index contributed by atoms with van der Waals surface area (Å²) in [5, 5.41) is 0. The second-order valence-corrected chi connectivity index (χ2v) is 9.37. The Balaban J connectivity index is 1.30. The van der Waals surface area contributed by atoms with Crippen LogP contribution in [0.25, 0.3) is 0 Å². The predicted octanol–water partition coefficient (Wildman–Crippen LogP) is 6.50. The molecule has 184 valence electrons. The molecule has 0 radical (unpaired) electrons. The van der Waals surface area contributed by atoms with Gasteiger partial charge in [0.1, 0.15) is 0 Å². The number of hydrogen-bond acceptors (Lipinski definition) is 5. The Kier molecular flexibility index (Phi) is 13.2. The van der Waals surface area contributed by atoms with Gasteiger partial charge in [-0.15, -0.1) is 0 Å². The number of anilines is 4. The van der Waals surface area contributed by atoms with E-state index in [1.165, 1.54) is 88.2 Å². The number of unbranched alkanes of at least 4 members (excludes halogenated alkanes) is 10. The summed E-state index contributed by atoms with van der Waals surface area (Å²) < 4.78 is 5.80. The van der Waals surface area contributed by atoms with Crippen LogP contribution >= 0.6 is 0 Å². The van der Waals surface area contributed by atoms with Crippen molar-refractivity contribution in [1.82, 2.24) is 0 Å². The highest BCUT2D eigenvalue weighted by Gasteiger charge is 1.99. The van der Waals surface area contributed by atoms with Gasteiger partial charge in [0.15, 0.2) is 0 Å². The maximum atomic E-state index is 5.85. The molecule has 0 aliphatic carbocycles. The van der Waals surface area contributed by atoms with E-state index >= 15 is 0 Å². The molecule has 0 saturated carbocycles. The van der Waals surface area contributed by atoms with Crippen molar-refractivity contribution in [3.63, 3.8) is 0 Å². The van der Waals surface area contributed by atoms with Crippen molar-refractivity contribution < 1.29 is 4.74 Å². The lowest BCUT2D eigenvalue weighted by Crippen LogP contribution is -1.97. The fraction of sp³-hybridized carbons (Fsp3) is 0.571. The van der Waals surface area contributed by atoms with Gasteiger partial charge in [-0.3, -0.25) is 0 Å². The van der Waals surface area contributed by atoms with Gasteiger partial charge in [-0.05, 0) is 86.1 Å². The fourth-order valence-electron chi connectivity index (χ4n) is 4.36. The minimum absolute atomic E-state index is 0.765. The van der Waals surface area contributed by atoms with E-state index in [1.807, 2.05) is 36.4 Å². The van der Waals surface area contributed by atoms with Gasteiger partial charge in [0.25, 0.3) is 0 Å². The zero-order chi connectivity index (χ0) is 23.7. The molecule has 0 fully saturated rings. The number of ether oxygens (including phenoxy) is 1. The number of hydrogen-bond donors (Lipinski definition) is 4. The monoisotopic (exact) mass is 454 g/mol. The lowest BCUT2D eigenvalue weighted by atomic mass is 10.0. The maximum absolute atomic E-state index is 5.85. The number of nitrogen functional groups attached to an aromatic ring is 4. The van der Waals surface area contributed by atoms with Gasteiger partial charge in [-0.2, -0.15) is 0 Å². The molecular weight excluding hydrogens is 408 g/mol. The van der Waals surface area contributed by atoms with Crippen LogP contribution in [-0.2, 0) is 17.6 Å². The van der Waals surface area contributed by atoms with Crippen molar-refractivity contribution in [2.75, 3.05) is 36.1 Å². The van der Waals surface area contributed by atoms with Gasteiger partial charge in [-0.25, -0.2) is 0 Å². The molecule has 0 unspecified atom stereocenters. The summed E-state index contributed by atoms with van der Waals surface area (Å²) in [5.41, 5.74) is 29.0. The SMILES string of the molecule is Nc1cc(N)cc(CCCCCCCCOCCCCCCCCc2cc(N)cc(N)c2)c1. The molecule has 2 rings (SSSR count). The summed E-state index contributed by atoms with van der Waals surface area (Å²) in [5.74, 6) is 0. The van der Waals surface area contributed by atoms with Crippen LogP contribution in [0.3, 0.4) is 0 Å². The fourth-order valence-corrected chi connectivity index (χ4v) is 4.36. The highest BCUT2D eigenvalue weighted by Crippen LogP contribution is 2.18. The third-order valence-electron chi connectivity index (χ3n) is 6.08. The lowest BCUT2D eigenvalue weighted by Gasteiger charge is -2.06. The van der Waals surface area contributed by atoms with Crippen LogP contribution in [0.1, 0.15) is 88.2 Å². The summed E-state index contributed by atoms with van der Waals surface area (Å²) in [7, 11) is 0. The van der Waals surface area contributed by atoms with E-state index in [0.29, 0.717) is 0 Å². The van der Waals surface area contributed by atoms with Crippen LogP contribution in [0.4, 0.5) is 22.7 Å². The topological polar surface area (TPSA) is 113 Å². The first-order chi connectivity index (χ1) is 16.0. The first kappa shape index (κ1) is 26.8. The molecule has 0 aromatic heterocycles. The van der Waals surface area contributed by atoms with Crippen molar-refractivity contribution in [3.8, 4) is 0 Å². The largest absolute Gasteiger partial charge is 0.399 e. The van der Waals surface area contributed by atoms with Crippen molar-refractivity contribution in [2.24, 2.45) is 0 Å². The first-order valence-electron chi connectivity index (χ1n) is 12.9. The molecule has 0 amide bonds. The minimum atomic E-state index is 0.765. The Morgan fingerprint density at radius 1 is 0.394 bits per heavy atom. The van der Waals surface area contributed by atoms with Crippen LogP contribution in [0, 0.1) is 0 Å². The maximum Gasteiger partial charge on any atom is 0.0466 e. The van der Waals surface area contributed by atoms with Gasteiger partial charge in [-0.1, -0.05) is 51.4 Å². The molecule has 2 aromatic carbocycles. The molecule has 5 heteroatoms. The van der Waals surface area contributed by atoms with Crippen LogP contribution in [0.5, 0.6) is 0 Å². The van der Waals surface area contributed by atoms with Crippen molar-refractivity contribution in [3.05, 3.63) is 47.5 Å². The lowest BCUT2D eigenvalue weighted by molar-refractivity contribution is 0.125. The van der Waals surface area contributed by atoms with Crippen LogP contribution in [0.15, 0.2) is 36.4 Å². The molecule has 2 aromatic rings. The Hall–Kier alpha value is -2.40. The van der Waals surface area contributed by atoms with Gasteiger partial charge in [0, 0.05) is 36.0 Å². The molecular formula is C28H46N4O. The molecule has 0 atom stereocenters. The molecule has 0 aliphatic heterocycles. The Labute approximate surface area is 201 Å². The van der Waals surface area contributed by atoms with Crippen LogP contribution in [-0.4, -0.2) is 13.2 Å². The van der Waals surface area contributed by atoms with Gasteiger partial charge >= 0.3 is 0 Å². The van der Waals surface area contributed by atoms with Crippen LogP contribution < -0.4 is 22.9 Å². The highest BCUT2D eigenvalue weighted by atomic mass is 16.5.